The molecule has 0 radical (unpaired) electrons. The highest BCUT2D eigenvalue weighted by molar-refractivity contribution is 6.75. The number of hydrogen-bond acceptors (Lipinski definition) is 1. The molecule has 1 aromatic carbocycles. The number of carbonyl (C=O) groups is 1. The van der Waals surface area contributed by atoms with Crippen LogP contribution in [0, 0.1) is 0 Å². The Morgan fingerprint density at radius 2 is 1.53 bits per heavy atom. The second-order valence-electron chi connectivity index (χ2n) is 5.63. The van der Waals surface area contributed by atoms with Crippen molar-refractivity contribution < 1.29 is 4.79 Å². The van der Waals surface area contributed by atoms with Gasteiger partial charge in [-0.05, 0) is 23.6 Å². The maximum Gasteiger partial charge on any atom is 0.134 e. The molecule has 0 aliphatic rings. The van der Waals surface area contributed by atoms with Crippen molar-refractivity contribution in [3.63, 3.8) is 0 Å². The number of rotatable bonds is 5. The van der Waals surface area contributed by atoms with E-state index in [2.05, 4.69) is 52.0 Å². The molecule has 0 saturated carbocycles. The van der Waals surface area contributed by atoms with Gasteiger partial charge in [0.1, 0.15) is 5.78 Å². The lowest BCUT2D eigenvalue weighted by atomic mass is 10.1. The fourth-order valence-electron chi connectivity index (χ4n) is 2.68. The summed E-state index contributed by atoms with van der Waals surface area (Å²) in [7, 11) is -0.880. The van der Waals surface area contributed by atoms with Crippen molar-refractivity contribution in [1.29, 1.82) is 0 Å². The van der Waals surface area contributed by atoms with E-state index < -0.39 is 8.80 Å². The maximum absolute atomic E-state index is 11.1. The second-order valence-corrected chi connectivity index (χ2v) is 10.0. The highest BCUT2D eigenvalue weighted by Crippen LogP contribution is 2.20. The van der Waals surface area contributed by atoms with Gasteiger partial charge in [0.25, 0.3) is 0 Å². The van der Waals surface area contributed by atoms with Crippen LogP contribution in [0.2, 0.25) is 11.1 Å². The summed E-state index contributed by atoms with van der Waals surface area (Å²) < 4.78 is 0. The highest BCUT2D eigenvalue weighted by atomic mass is 28.3. The summed E-state index contributed by atoms with van der Waals surface area (Å²) >= 11 is 0. The lowest BCUT2D eigenvalue weighted by Crippen LogP contribution is -2.35. The Kier molecular flexibility index (Phi) is 5.13. The van der Waals surface area contributed by atoms with Crippen molar-refractivity contribution in [3.8, 4) is 0 Å². The van der Waals surface area contributed by atoms with Crippen molar-refractivity contribution >= 4 is 19.8 Å². The Labute approximate surface area is 107 Å². The molecule has 0 amide bonds. The number of ketones is 1. The molecular weight excluding hydrogens is 224 g/mol. The topological polar surface area (TPSA) is 17.1 Å². The van der Waals surface area contributed by atoms with Gasteiger partial charge in [-0.3, -0.25) is 4.79 Å². The van der Waals surface area contributed by atoms with Gasteiger partial charge in [0.15, 0.2) is 0 Å². The fraction of sp³-hybridized carbons (Fsp3) is 0.533. The Hall–Kier alpha value is -0.893. The largest absolute Gasteiger partial charge is 0.300 e. The van der Waals surface area contributed by atoms with Crippen LogP contribution in [0.1, 0.15) is 40.2 Å². The average Bonchev–Trinajstić information content (AvgIpc) is 2.18. The van der Waals surface area contributed by atoms with E-state index in [-0.39, 0.29) is 5.78 Å². The smallest absolute Gasteiger partial charge is 0.134 e. The van der Waals surface area contributed by atoms with Crippen molar-refractivity contribution in [2.75, 3.05) is 0 Å². The summed E-state index contributed by atoms with van der Waals surface area (Å²) in [5, 5.41) is 1.53. The minimum absolute atomic E-state index is 0.235. The van der Waals surface area contributed by atoms with Gasteiger partial charge in [0, 0.05) is 6.42 Å². The molecule has 0 atom stereocenters. The SMILES string of the molecule is CC(=O)Cc1ccc([SiH](C(C)C)C(C)C)cc1. The third kappa shape index (κ3) is 4.12. The predicted octanol–water partition coefficient (Wildman–Crippen LogP) is 3.07. The van der Waals surface area contributed by atoms with E-state index in [1.807, 2.05) is 0 Å². The summed E-state index contributed by atoms with van der Waals surface area (Å²) in [5.74, 6) is 0.235. The third-order valence-electron chi connectivity index (χ3n) is 3.25. The van der Waals surface area contributed by atoms with Crippen molar-refractivity contribution in [3.05, 3.63) is 29.8 Å². The van der Waals surface area contributed by atoms with Gasteiger partial charge in [0.05, 0.1) is 8.80 Å². The van der Waals surface area contributed by atoms with E-state index >= 15 is 0 Å². The summed E-state index contributed by atoms with van der Waals surface area (Å²) in [6.07, 6.45) is 0.565. The molecule has 0 aliphatic carbocycles. The van der Waals surface area contributed by atoms with E-state index in [0.29, 0.717) is 6.42 Å². The van der Waals surface area contributed by atoms with E-state index in [4.69, 9.17) is 0 Å². The maximum atomic E-state index is 11.1. The Balaban J connectivity index is 2.88. The molecule has 0 fully saturated rings. The first-order chi connectivity index (χ1) is 7.91. The Morgan fingerprint density at radius 1 is 1.06 bits per heavy atom. The first kappa shape index (κ1) is 14.2. The molecule has 1 rings (SSSR count). The van der Waals surface area contributed by atoms with Crippen LogP contribution < -0.4 is 5.19 Å². The van der Waals surface area contributed by atoms with Gasteiger partial charge >= 0.3 is 0 Å². The highest BCUT2D eigenvalue weighted by Gasteiger charge is 2.21. The van der Waals surface area contributed by atoms with Gasteiger partial charge in [-0.25, -0.2) is 0 Å². The number of benzene rings is 1. The zero-order valence-corrected chi connectivity index (χ0v) is 12.8. The zero-order chi connectivity index (χ0) is 13.0. The molecule has 0 N–H and O–H groups in total. The van der Waals surface area contributed by atoms with Gasteiger partial charge < -0.3 is 0 Å². The molecule has 0 unspecified atom stereocenters. The van der Waals surface area contributed by atoms with Gasteiger partial charge in [-0.15, -0.1) is 0 Å². The van der Waals surface area contributed by atoms with Crippen LogP contribution in [0.5, 0.6) is 0 Å². The number of hydrogen-bond donors (Lipinski definition) is 0. The molecule has 1 aromatic rings. The Bertz CT molecular complexity index is 357. The molecule has 0 bridgehead atoms. The lowest BCUT2D eigenvalue weighted by Gasteiger charge is -2.23. The third-order valence-corrected chi connectivity index (χ3v) is 7.28. The van der Waals surface area contributed by atoms with Crippen LogP contribution in [0.15, 0.2) is 24.3 Å². The normalized spacial score (nSPS) is 11.5. The molecule has 0 saturated heterocycles. The second kappa shape index (κ2) is 6.15. The lowest BCUT2D eigenvalue weighted by molar-refractivity contribution is -0.116. The Morgan fingerprint density at radius 3 is 1.88 bits per heavy atom. The standard InChI is InChI=1S/C15H24OSi/c1-11(2)17(12(3)4)15-8-6-14(7-9-15)10-13(5)16/h6-9,11-12,17H,10H2,1-5H3. The molecule has 0 aromatic heterocycles. The van der Waals surface area contributed by atoms with E-state index in [9.17, 15) is 4.79 Å². The summed E-state index contributed by atoms with van der Waals surface area (Å²) in [4.78, 5) is 11.1. The van der Waals surface area contributed by atoms with Crippen LogP contribution in [0.25, 0.3) is 0 Å². The average molecular weight is 248 g/mol. The van der Waals surface area contributed by atoms with E-state index in [0.717, 1.165) is 16.6 Å². The number of Topliss-reactive ketones (excluding diaryl/α,β-unsaturated/α-hetero) is 1. The van der Waals surface area contributed by atoms with Crippen LogP contribution in [0.3, 0.4) is 0 Å². The molecule has 17 heavy (non-hydrogen) atoms. The van der Waals surface area contributed by atoms with Crippen molar-refractivity contribution in [2.24, 2.45) is 0 Å². The van der Waals surface area contributed by atoms with Crippen LogP contribution >= 0.6 is 0 Å². The minimum atomic E-state index is -0.880. The van der Waals surface area contributed by atoms with Crippen molar-refractivity contribution in [1.82, 2.24) is 0 Å². The zero-order valence-electron chi connectivity index (χ0n) is 11.7. The summed E-state index contributed by atoms with van der Waals surface area (Å²) in [5.41, 5.74) is 2.71. The van der Waals surface area contributed by atoms with Gasteiger partial charge in [-0.2, -0.15) is 0 Å². The molecular formula is C15H24OSi. The first-order valence-electron chi connectivity index (χ1n) is 6.50. The van der Waals surface area contributed by atoms with E-state index in [1.54, 1.807) is 6.92 Å². The quantitative estimate of drug-likeness (QED) is 0.732. The van der Waals surface area contributed by atoms with Gasteiger partial charge in [0.2, 0.25) is 0 Å². The van der Waals surface area contributed by atoms with Crippen LogP contribution in [-0.4, -0.2) is 14.6 Å². The molecule has 0 spiro atoms. The summed E-state index contributed by atoms with van der Waals surface area (Å²) in [6, 6.07) is 8.74. The first-order valence-corrected chi connectivity index (χ1v) is 8.41. The predicted molar refractivity (Wildman–Crippen MR) is 77.8 cm³/mol. The van der Waals surface area contributed by atoms with Gasteiger partial charge in [-0.1, -0.05) is 57.1 Å². The minimum Gasteiger partial charge on any atom is -0.300 e. The van der Waals surface area contributed by atoms with Crippen LogP contribution in [-0.2, 0) is 11.2 Å². The van der Waals surface area contributed by atoms with E-state index in [1.165, 1.54) is 5.19 Å². The monoisotopic (exact) mass is 248 g/mol. The molecule has 1 nitrogen and oxygen atoms in total. The molecule has 94 valence electrons. The number of carbonyl (C=O) groups excluding carboxylic acids is 1. The fourth-order valence-corrected chi connectivity index (χ4v) is 6.40. The molecule has 0 heterocycles. The van der Waals surface area contributed by atoms with Crippen LogP contribution in [0.4, 0.5) is 0 Å². The molecule has 0 aliphatic heterocycles. The summed E-state index contributed by atoms with van der Waals surface area (Å²) in [6.45, 7) is 11.0. The van der Waals surface area contributed by atoms with Crippen molar-refractivity contribution in [2.45, 2.75) is 52.1 Å². The molecule has 2 heteroatoms.